The molecule has 0 saturated heterocycles. The quantitative estimate of drug-likeness (QED) is 0.327. The van der Waals surface area contributed by atoms with Gasteiger partial charge in [0.15, 0.2) is 0 Å². The third-order valence-corrected chi connectivity index (χ3v) is 3.35. The van der Waals surface area contributed by atoms with Crippen molar-refractivity contribution >= 4 is 17.7 Å². The number of carboxylic acid groups (broad SMARTS) is 1. The fraction of sp³-hybridized carbons (Fsp3) is 0.917. The fourth-order valence-corrected chi connectivity index (χ4v) is 2.10. The second-order valence-corrected chi connectivity index (χ2v) is 5.15. The van der Waals surface area contributed by atoms with E-state index in [1.807, 2.05) is 0 Å². The van der Waals surface area contributed by atoms with E-state index < -0.39 is 5.97 Å². The molecule has 0 rings (SSSR count). The second kappa shape index (κ2) is 14.8. The molecular weight excluding hydrogens is 252 g/mol. The highest BCUT2D eigenvalue weighted by Gasteiger charge is 1.96. The second-order valence-electron chi connectivity index (χ2n) is 4.04. The minimum absolute atomic E-state index is 0.217. The van der Waals surface area contributed by atoms with E-state index in [9.17, 15) is 4.79 Å². The average molecular weight is 278 g/mol. The van der Waals surface area contributed by atoms with Gasteiger partial charge in [-0.25, -0.2) is 0 Å². The van der Waals surface area contributed by atoms with Crippen LogP contribution in [-0.2, 0) is 9.53 Å². The zero-order chi connectivity index (χ0) is 13.5. The first-order chi connectivity index (χ1) is 8.77. The van der Waals surface area contributed by atoms with Gasteiger partial charge in [0.05, 0.1) is 12.5 Å². The lowest BCUT2D eigenvalue weighted by Crippen LogP contribution is -2.19. The number of unbranched alkanes of at least 4 members (excludes halogenated alkanes) is 2. The number of hydrogen-bond acceptors (Lipinski definition) is 5. The standard InChI is InChI=1S/C12H26N2O3S/c1-17-11-14-7-4-2-3-6-13-8-5-9-18-10-12(15)16/h13-14H,2-11H2,1H3,(H,15,16). The smallest absolute Gasteiger partial charge is 0.313 e. The SMILES string of the molecule is COCNCCCCCNCCCSCC(=O)O. The number of carboxylic acids is 1. The predicted molar refractivity (Wildman–Crippen MR) is 76.2 cm³/mol. The Morgan fingerprint density at radius 3 is 2.44 bits per heavy atom. The number of rotatable bonds is 14. The molecule has 0 aliphatic carbocycles. The molecule has 0 aliphatic rings. The van der Waals surface area contributed by atoms with Gasteiger partial charge in [0.25, 0.3) is 0 Å². The molecule has 18 heavy (non-hydrogen) atoms. The van der Waals surface area contributed by atoms with E-state index in [0.29, 0.717) is 6.73 Å². The maximum Gasteiger partial charge on any atom is 0.313 e. The Morgan fingerprint density at radius 1 is 1.11 bits per heavy atom. The number of hydrogen-bond donors (Lipinski definition) is 3. The van der Waals surface area contributed by atoms with Gasteiger partial charge in [-0.2, -0.15) is 11.8 Å². The van der Waals surface area contributed by atoms with Crippen molar-refractivity contribution < 1.29 is 14.6 Å². The Labute approximate surface area is 114 Å². The van der Waals surface area contributed by atoms with Gasteiger partial charge < -0.3 is 15.2 Å². The lowest BCUT2D eigenvalue weighted by atomic mass is 10.2. The maximum atomic E-state index is 10.3. The van der Waals surface area contributed by atoms with E-state index in [0.717, 1.165) is 31.8 Å². The third kappa shape index (κ3) is 15.7. The van der Waals surface area contributed by atoms with Crippen LogP contribution in [0.15, 0.2) is 0 Å². The summed E-state index contributed by atoms with van der Waals surface area (Å²) in [5.74, 6) is 0.407. The van der Waals surface area contributed by atoms with E-state index in [1.165, 1.54) is 31.0 Å². The molecular formula is C12H26N2O3S. The van der Waals surface area contributed by atoms with Crippen LogP contribution in [-0.4, -0.2) is 56.1 Å². The molecule has 0 unspecified atom stereocenters. The van der Waals surface area contributed by atoms with E-state index in [4.69, 9.17) is 9.84 Å². The summed E-state index contributed by atoms with van der Waals surface area (Å²) >= 11 is 1.48. The van der Waals surface area contributed by atoms with E-state index in [2.05, 4.69) is 10.6 Å². The molecule has 0 heterocycles. The molecule has 0 bridgehead atoms. The fourth-order valence-electron chi connectivity index (χ4n) is 1.43. The Bertz CT molecular complexity index is 194. The summed E-state index contributed by atoms with van der Waals surface area (Å²) in [5, 5.41) is 15.0. The van der Waals surface area contributed by atoms with Crippen LogP contribution in [0, 0.1) is 0 Å². The lowest BCUT2D eigenvalue weighted by molar-refractivity contribution is -0.133. The Balaban J connectivity index is 2.92. The van der Waals surface area contributed by atoms with Crippen molar-refractivity contribution in [3.63, 3.8) is 0 Å². The highest BCUT2D eigenvalue weighted by molar-refractivity contribution is 7.99. The van der Waals surface area contributed by atoms with E-state index in [-0.39, 0.29) is 5.75 Å². The minimum atomic E-state index is -0.727. The molecule has 0 radical (unpaired) electrons. The minimum Gasteiger partial charge on any atom is -0.481 e. The van der Waals surface area contributed by atoms with Crippen molar-refractivity contribution in [1.29, 1.82) is 0 Å². The summed E-state index contributed by atoms with van der Waals surface area (Å²) in [6.45, 7) is 3.67. The molecule has 0 atom stereocenters. The molecule has 0 amide bonds. The summed E-state index contributed by atoms with van der Waals surface area (Å²) in [6.07, 6.45) is 4.63. The van der Waals surface area contributed by atoms with Crippen molar-refractivity contribution in [3.8, 4) is 0 Å². The molecule has 108 valence electrons. The molecule has 0 fully saturated rings. The van der Waals surface area contributed by atoms with Crippen molar-refractivity contribution in [2.24, 2.45) is 0 Å². The van der Waals surface area contributed by atoms with E-state index >= 15 is 0 Å². The van der Waals surface area contributed by atoms with Crippen LogP contribution in [0.5, 0.6) is 0 Å². The van der Waals surface area contributed by atoms with Crippen molar-refractivity contribution in [1.82, 2.24) is 10.6 Å². The molecule has 0 aromatic carbocycles. The molecule has 0 spiro atoms. The Hall–Kier alpha value is -0.300. The molecule has 5 nitrogen and oxygen atoms in total. The van der Waals surface area contributed by atoms with Gasteiger partial charge in [0.1, 0.15) is 0 Å². The average Bonchev–Trinajstić information content (AvgIpc) is 2.34. The van der Waals surface area contributed by atoms with Gasteiger partial charge in [0, 0.05) is 7.11 Å². The molecule has 0 aromatic rings. The van der Waals surface area contributed by atoms with E-state index in [1.54, 1.807) is 7.11 Å². The first kappa shape index (κ1) is 17.7. The highest BCUT2D eigenvalue weighted by Crippen LogP contribution is 2.00. The largest absolute Gasteiger partial charge is 0.481 e. The topological polar surface area (TPSA) is 70.6 Å². The van der Waals surface area contributed by atoms with Gasteiger partial charge >= 0.3 is 5.97 Å². The monoisotopic (exact) mass is 278 g/mol. The number of carbonyl (C=O) groups is 1. The van der Waals surface area contributed by atoms with Crippen LogP contribution in [0.4, 0.5) is 0 Å². The van der Waals surface area contributed by atoms with Crippen LogP contribution in [0.3, 0.4) is 0 Å². The highest BCUT2D eigenvalue weighted by atomic mass is 32.2. The number of thioether (sulfide) groups is 1. The summed E-state index contributed by atoms with van der Waals surface area (Å²) in [7, 11) is 1.69. The van der Waals surface area contributed by atoms with Gasteiger partial charge in [-0.05, 0) is 44.6 Å². The summed E-state index contributed by atoms with van der Waals surface area (Å²) in [4.78, 5) is 10.3. The van der Waals surface area contributed by atoms with Crippen LogP contribution in [0.25, 0.3) is 0 Å². The van der Waals surface area contributed by atoms with Crippen molar-refractivity contribution in [2.45, 2.75) is 25.7 Å². The number of methoxy groups -OCH3 is 1. The predicted octanol–water partition coefficient (Wildman–Crippen LogP) is 1.15. The summed E-state index contributed by atoms with van der Waals surface area (Å²) in [6, 6.07) is 0. The molecule has 6 heteroatoms. The number of ether oxygens (including phenoxy) is 1. The van der Waals surface area contributed by atoms with Crippen LogP contribution >= 0.6 is 11.8 Å². The number of aliphatic carboxylic acids is 1. The zero-order valence-electron chi connectivity index (χ0n) is 11.2. The van der Waals surface area contributed by atoms with Gasteiger partial charge in [-0.15, -0.1) is 0 Å². The molecule has 0 saturated carbocycles. The zero-order valence-corrected chi connectivity index (χ0v) is 12.1. The lowest BCUT2D eigenvalue weighted by Gasteiger charge is -2.05. The number of nitrogens with one attached hydrogen (secondary N) is 2. The molecule has 0 aromatic heterocycles. The summed E-state index contributed by atoms with van der Waals surface area (Å²) in [5.41, 5.74) is 0. The first-order valence-corrected chi connectivity index (χ1v) is 7.62. The maximum absolute atomic E-state index is 10.3. The van der Waals surface area contributed by atoms with Crippen molar-refractivity contribution in [3.05, 3.63) is 0 Å². The normalized spacial score (nSPS) is 10.7. The van der Waals surface area contributed by atoms with Gasteiger partial charge in [0.2, 0.25) is 0 Å². The third-order valence-electron chi connectivity index (χ3n) is 2.32. The Morgan fingerprint density at radius 2 is 1.78 bits per heavy atom. The summed E-state index contributed by atoms with van der Waals surface area (Å²) < 4.78 is 4.89. The molecule has 0 aliphatic heterocycles. The first-order valence-electron chi connectivity index (χ1n) is 6.47. The van der Waals surface area contributed by atoms with Crippen molar-refractivity contribution in [2.75, 3.05) is 45.0 Å². The molecule has 3 N–H and O–H groups in total. The van der Waals surface area contributed by atoms with Crippen LogP contribution < -0.4 is 10.6 Å². The van der Waals surface area contributed by atoms with Crippen LogP contribution in [0.2, 0.25) is 0 Å². The van der Waals surface area contributed by atoms with Gasteiger partial charge in [-0.1, -0.05) is 6.42 Å². The van der Waals surface area contributed by atoms with Gasteiger partial charge in [-0.3, -0.25) is 10.1 Å². The Kier molecular flexibility index (Phi) is 14.5. The van der Waals surface area contributed by atoms with Crippen LogP contribution in [0.1, 0.15) is 25.7 Å².